The molecule has 7 nitrogen and oxygen atoms in total. The van der Waals surface area contributed by atoms with Crippen molar-refractivity contribution >= 4 is 33.6 Å². The number of benzene rings is 2. The van der Waals surface area contributed by atoms with Crippen molar-refractivity contribution in [2.45, 2.75) is 13.5 Å². The van der Waals surface area contributed by atoms with E-state index in [-0.39, 0.29) is 0 Å². The van der Waals surface area contributed by atoms with Gasteiger partial charge in [-0.3, -0.25) is 0 Å². The van der Waals surface area contributed by atoms with Gasteiger partial charge in [-0.1, -0.05) is 22.0 Å². The number of carbonyl (C=O) groups is 2. The van der Waals surface area contributed by atoms with Gasteiger partial charge in [0.1, 0.15) is 0 Å². The van der Waals surface area contributed by atoms with Gasteiger partial charge >= 0.3 is 11.9 Å². The van der Waals surface area contributed by atoms with Crippen LogP contribution in [0, 0.1) is 6.92 Å². The zero-order chi connectivity index (χ0) is 19.7. The number of aliphatic carboxylic acids is 2. The lowest BCUT2D eigenvalue weighted by molar-refractivity contribution is -0.159. The highest BCUT2D eigenvalue weighted by atomic mass is 79.9. The summed E-state index contributed by atoms with van der Waals surface area (Å²) in [4.78, 5) is 18.2. The van der Waals surface area contributed by atoms with E-state index in [0.29, 0.717) is 0 Å². The zero-order valence-corrected chi connectivity index (χ0v) is 16.2. The molecule has 0 amide bonds. The normalized spacial score (nSPS) is 9.54. The largest absolute Gasteiger partial charge is 0.493 e. The highest BCUT2D eigenvalue weighted by Crippen LogP contribution is 2.28. The van der Waals surface area contributed by atoms with E-state index in [4.69, 9.17) is 29.3 Å². The molecule has 0 saturated carbocycles. The fraction of sp³-hybridized carbons (Fsp3) is 0.222. The van der Waals surface area contributed by atoms with Crippen molar-refractivity contribution in [2.24, 2.45) is 0 Å². The van der Waals surface area contributed by atoms with Gasteiger partial charge in [-0.25, -0.2) is 9.59 Å². The van der Waals surface area contributed by atoms with E-state index in [1.165, 1.54) is 5.56 Å². The minimum atomic E-state index is -1.82. The van der Waals surface area contributed by atoms with Crippen LogP contribution in [0.25, 0.3) is 0 Å². The SMILES string of the molecule is COc1ccc(CNc2ccc(Br)c(C)c2)cc1OC.O=C(O)C(=O)O. The van der Waals surface area contributed by atoms with Gasteiger partial charge in [0.05, 0.1) is 14.2 Å². The Hall–Kier alpha value is -2.74. The molecule has 0 saturated heterocycles. The molecule has 3 N–H and O–H groups in total. The molecule has 2 aromatic rings. The Kier molecular flexibility index (Phi) is 8.44. The van der Waals surface area contributed by atoms with E-state index in [0.717, 1.165) is 33.8 Å². The van der Waals surface area contributed by atoms with Crippen molar-refractivity contribution in [3.8, 4) is 11.5 Å². The second-order valence-corrected chi connectivity index (χ2v) is 5.97. The molecule has 0 heterocycles. The second-order valence-electron chi connectivity index (χ2n) is 5.12. The van der Waals surface area contributed by atoms with Crippen LogP contribution < -0.4 is 14.8 Å². The quantitative estimate of drug-likeness (QED) is 0.628. The molecule has 0 radical (unpaired) electrons. The maximum absolute atomic E-state index is 9.10. The molecule has 140 valence electrons. The smallest absolute Gasteiger partial charge is 0.414 e. The third-order valence-electron chi connectivity index (χ3n) is 3.29. The number of rotatable bonds is 5. The van der Waals surface area contributed by atoms with Gasteiger partial charge in [-0.05, 0) is 48.4 Å². The van der Waals surface area contributed by atoms with Crippen molar-refractivity contribution in [3.63, 3.8) is 0 Å². The lowest BCUT2D eigenvalue weighted by atomic mass is 10.2. The molecule has 2 rings (SSSR count). The third-order valence-corrected chi connectivity index (χ3v) is 4.18. The molecule has 0 fully saturated rings. The molecule has 2 aromatic carbocycles. The number of aryl methyl sites for hydroxylation is 1. The Bertz CT molecular complexity index is 766. The van der Waals surface area contributed by atoms with Crippen LogP contribution in [0.3, 0.4) is 0 Å². The van der Waals surface area contributed by atoms with Crippen molar-refractivity contribution < 1.29 is 29.3 Å². The molecule has 0 aliphatic rings. The van der Waals surface area contributed by atoms with Crippen LogP contribution >= 0.6 is 15.9 Å². The number of ether oxygens (including phenoxy) is 2. The average molecular weight is 426 g/mol. The number of anilines is 1. The van der Waals surface area contributed by atoms with Gasteiger partial charge < -0.3 is 25.0 Å². The summed E-state index contributed by atoms with van der Waals surface area (Å²) in [5.41, 5.74) is 3.45. The van der Waals surface area contributed by atoms with Gasteiger partial charge in [0.2, 0.25) is 0 Å². The summed E-state index contributed by atoms with van der Waals surface area (Å²) in [6, 6.07) is 12.1. The maximum atomic E-state index is 9.10. The molecule has 26 heavy (non-hydrogen) atoms. The van der Waals surface area contributed by atoms with Gasteiger partial charge in [0.15, 0.2) is 11.5 Å². The molecule has 0 aliphatic heterocycles. The molecule has 0 unspecified atom stereocenters. The molecule has 0 aliphatic carbocycles. The van der Waals surface area contributed by atoms with Crippen molar-refractivity contribution in [2.75, 3.05) is 19.5 Å². The Morgan fingerprint density at radius 1 is 1.00 bits per heavy atom. The van der Waals surface area contributed by atoms with Crippen LogP contribution in [-0.2, 0) is 16.1 Å². The highest BCUT2D eigenvalue weighted by Gasteiger charge is 2.05. The van der Waals surface area contributed by atoms with Crippen LogP contribution in [-0.4, -0.2) is 36.4 Å². The topological polar surface area (TPSA) is 105 Å². The van der Waals surface area contributed by atoms with Crippen LogP contribution in [0.1, 0.15) is 11.1 Å². The van der Waals surface area contributed by atoms with Crippen LogP contribution in [0.5, 0.6) is 11.5 Å². The monoisotopic (exact) mass is 425 g/mol. The first-order valence-corrected chi connectivity index (χ1v) is 8.25. The maximum Gasteiger partial charge on any atom is 0.414 e. The predicted molar refractivity (Wildman–Crippen MR) is 101 cm³/mol. The number of halogens is 1. The van der Waals surface area contributed by atoms with E-state index < -0.39 is 11.9 Å². The van der Waals surface area contributed by atoms with E-state index in [1.54, 1.807) is 14.2 Å². The Morgan fingerprint density at radius 2 is 1.62 bits per heavy atom. The zero-order valence-electron chi connectivity index (χ0n) is 14.6. The van der Waals surface area contributed by atoms with Gasteiger partial charge in [0, 0.05) is 16.7 Å². The van der Waals surface area contributed by atoms with E-state index in [1.807, 2.05) is 24.3 Å². The summed E-state index contributed by atoms with van der Waals surface area (Å²) < 4.78 is 11.7. The molecule has 0 atom stereocenters. The Labute approximate surface area is 159 Å². The second kappa shape index (κ2) is 10.3. The summed E-state index contributed by atoms with van der Waals surface area (Å²) in [5, 5.41) is 18.2. The van der Waals surface area contributed by atoms with Crippen molar-refractivity contribution in [1.82, 2.24) is 0 Å². The molecule has 8 heteroatoms. The number of hydrogen-bond acceptors (Lipinski definition) is 5. The number of methoxy groups -OCH3 is 2. The summed E-state index contributed by atoms with van der Waals surface area (Å²) in [7, 11) is 3.29. The van der Waals surface area contributed by atoms with Crippen LogP contribution in [0.15, 0.2) is 40.9 Å². The van der Waals surface area contributed by atoms with Crippen LogP contribution in [0.2, 0.25) is 0 Å². The first kappa shape index (κ1) is 21.3. The molecular weight excluding hydrogens is 406 g/mol. The number of hydrogen-bond donors (Lipinski definition) is 3. The first-order valence-electron chi connectivity index (χ1n) is 7.45. The number of carboxylic acids is 2. The molecular formula is C18H20BrNO6. The fourth-order valence-corrected chi connectivity index (χ4v) is 2.20. The summed E-state index contributed by atoms with van der Waals surface area (Å²) in [5.74, 6) is -2.15. The first-order chi connectivity index (χ1) is 12.3. The van der Waals surface area contributed by atoms with Gasteiger partial charge in [-0.15, -0.1) is 0 Å². The number of carboxylic acid groups (broad SMARTS) is 2. The van der Waals surface area contributed by atoms with E-state index >= 15 is 0 Å². The summed E-state index contributed by atoms with van der Waals surface area (Å²) in [6.07, 6.45) is 0. The van der Waals surface area contributed by atoms with E-state index in [9.17, 15) is 0 Å². The summed E-state index contributed by atoms with van der Waals surface area (Å²) >= 11 is 3.50. The standard InChI is InChI=1S/C16H18BrNO2.C2H2O4/c1-11-8-13(5-6-14(11)17)18-10-12-4-7-15(19-2)16(9-12)20-3;3-1(4)2(5)6/h4-9,18H,10H2,1-3H3;(H,3,4)(H,5,6). The third kappa shape index (κ3) is 6.64. The number of nitrogens with one attached hydrogen (secondary N) is 1. The Morgan fingerprint density at radius 3 is 2.12 bits per heavy atom. The fourth-order valence-electron chi connectivity index (χ4n) is 1.95. The average Bonchev–Trinajstić information content (AvgIpc) is 2.62. The highest BCUT2D eigenvalue weighted by molar-refractivity contribution is 9.10. The predicted octanol–water partition coefficient (Wildman–Crippen LogP) is 3.54. The Balaban J connectivity index is 0.000000487. The molecule has 0 spiro atoms. The van der Waals surface area contributed by atoms with E-state index in [2.05, 4.69) is 40.3 Å². The minimum Gasteiger partial charge on any atom is -0.493 e. The lowest BCUT2D eigenvalue weighted by Crippen LogP contribution is -2.09. The van der Waals surface area contributed by atoms with Crippen molar-refractivity contribution in [1.29, 1.82) is 0 Å². The van der Waals surface area contributed by atoms with Crippen LogP contribution in [0.4, 0.5) is 5.69 Å². The van der Waals surface area contributed by atoms with Gasteiger partial charge in [0.25, 0.3) is 0 Å². The molecule has 0 bridgehead atoms. The van der Waals surface area contributed by atoms with Crippen molar-refractivity contribution in [3.05, 3.63) is 52.0 Å². The molecule has 0 aromatic heterocycles. The lowest BCUT2D eigenvalue weighted by Gasteiger charge is -2.11. The minimum absolute atomic E-state index is 0.738. The van der Waals surface area contributed by atoms with Gasteiger partial charge in [-0.2, -0.15) is 0 Å². The summed E-state index contributed by atoms with van der Waals surface area (Å²) in [6.45, 7) is 2.81.